The molecule has 4 N–H and O–H groups in total. The molecule has 0 saturated heterocycles. The quantitative estimate of drug-likeness (QED) is 0.194. The van der Waals surface area contributed by atoms with Crippen LogP contribution in [-0.2, 0) is 46.0 Å². The van der Waals surface area contributed by atoms with Crippen molar-refractivity contribution in [2.45, 2.75) is 47.5 Å². The Morgan fingerprint density at radius 1 is 0.349 bits per heavy atom. The van der Waals surface area contributed by atoms with Gasteiger partial charge in [0.1, 0.15) is 0 Å². The Bertz CT molecular complexity index is 1150. The van der Waals surface area contributed by atoms with E-state index in [0.717, 1.165) is 20.8 Å². The maximum Gasteiger partial charge on any atom is 0.167 e. The van der Waals surface area contributed by atoms with Gasteiger partial charge in [-0.05, 0) is 27.7 Å². The van der Waals surface area contributed by atoms with E-state index in [4.69, 9.17) is 20.4 Å². The first-order chi connectivity index (χ1) is 19.4. The van der Waals surface area contributed by atoms with E-state index < -0.39 is 123 Å². The molecule has 0 heterocycles. The minimum Gasteiger partial charge on any atom is -0.397 e. The van der Waals surface area contributed by atoms with Crippen molar-refractivity contribution in [1.29, 1.82) is 0 Å². The summed E-state index contributed by atoms with van der Waals surface area (Å²) in [6.45, 7) is 1.44. The zero-order chi connectivity index (χ0) is 33.2. The molecule has 0 unspecified atom stereocenters. The van der Waals surface area contributed by atoms with Crippen LogP contribution in [0.1, 0.15) is 40.3 Å². The third-order valence-electron chi connectivity index (χ3n) is 5.20. The molecule has 0 saturated carbocycles. The fourth-order valence-corrected chi connectivity index (χ4v) is 2.78. The summed E-state index contributed by atoms with van der Waals surface area (Å²) >= 11 is 0. The van der Waals surface area contributed by atoms with Gasteiger partial charge in [-0.15, -0.1) is 0 Å². The van der Waals surface area contributed by atoms with E-state index in [1.54, 1.807) is 6.92 Å². The monoisotopic (exact) mass is 718 g/mol. The van der Waals surface area contributed by atoms with Gasteiger partial charge in [-0.3, -0.25) is 0 Å². The van der Waals surface area contributed by atoms with Crippen LogP contribution in [0.3, 0.4) is 0 Å². The zero-order valence-electron chi connectivity index (χ0n) is 22.7. The van der Waals surface area contributed by atoms with Gasteiger partial charge >= 0.3 is 0 Å². The molecule has 3 aromatic carbocycles. The van der Waals surface area contributed by atoms with E-state index in [2.05, 4.69) is 0 Å². The molecule has 43 heavy (non-hydrogen) atoms. The topological polar surface area (TPSA) is 80.9 Å². The number of benzene rings is 3. The van der Waals surface area contributed by atoms with Crippen molar-refractivity contribution in [2.75, 3.05) is 6.61 Å². The average molecular weight is 720 g/mol. The number of rotatable bonds is 3. The summed E-state index contributed by atoms with van der Waals surface area (Å²) in [5.74, 6) is -18.1. The van der Waals surface area contributed by atoms with E-state index >= 15 is 0 Å². The van der Waals surface area contributed by atoms with Gasteiger partial charge in [0.25, 0.3) is 0 Å². The zero-order valence-corrected chi connectivity index (χ0v) is 25.1. The predicted molar refractivity (Wildman–Crippen MR) is 124 cm³/mol. The molecule has 0 aliphatic carbocycles. The number of hydrogen-bond donors (Lipinski definition) is 4. The van der Waals surface area contributed by atoms with Crippen LogP contribution in [0.15, 0.2) is 0 Å². The first-order valence-electron chi connectivity index (χ1n) is 11.3. The normalized spacial score (nSPS) is 10.0. The van der Waals surface area contributed by atoms with Crippen LogP contribution in [0.4, 0.5) is 52.7 Å². The number of aliphatic hydroxyl groups excluding tert-OH is 4. The van der Waals surface area contributed by atoms with Crippen molar-refractivity contribution >= 4 is 0 Å². The van der Waals surface area contributed by atoms with Crippen molar-refractivity contribution in [3.05, 3.63) is 103 Å². The summed E-state index contributed by atoms with van der Waals surface area (Å²) in [7, 11) is 0. The van der Waals surface area contributed by atoms with Gasteiger partial charge in [0.2, 0.25) is 0 Å². The Kier molecular flexibility index (Phi) is 18.9. The predicted octanol–water partition coefficient (Wildman–Crippen LogP) is 6.13. The molecule has 0 fully saturated rings. The Labute approximate surface area is 256 Å². The molecule has 4 nitrogen and oxygen atoms in total. The molecule has 3 rings (SSSR count). The van der Waals surface area contributed by atoms with E-state index in [1.807, 2.05) is 0 Å². The Morgan fingerprint density at radius 3 is 0.558 bits per heavy atom. The smallest absolute Gasteiger partial charge is 0.167 e. The minimum absolute atomic E-state index is 0. The second-order valence-electron chi connectivity index (χ2n) is 7.87. The SMILES string of the molecule is CCO.Cc1c(F)c(F)c(CO)c(F)c1F.Cc1c(F)c(F)c(CO)c(F)c1F.Cc1c(F)c(F)c(CO)c(F)c1F.[Zr]. The van der Waals surface area contributed by atoms with Gasteiger partial charge in [0.05, 0.1) is 36.5 Å². The van der Waals surface area contributed by atoms with E-state index in [9.17, 15) is 52.7 Å². The van der Waals surface area contributed by atoms with Crippen molar-refractivity contribution in [2.24, 2.45) is 0 Å². The molecule has 0 bridgehead atoms. The molecule has 17 heteroatoms. The summed E-state index contributed by atoms with van der Waals surface area (Å²) in [5, 5.41) is 32.8. The average Bonchev–Trinajstić information content (AvgIpc) is 2.97. The molecule has 0 amide bonds. The molecule has 0 spiro atoms. The van der Waals surface area contributed by atoms with Gasteiger partial charge < -0.3 is 20.4 Å². The van der Waals surface area contributed by atoms with Crippen molar-refractivity contribution < 1.29 is 99.3 Å². The summed E-state index contributed by atoms with van der Waals surface area (Å²) in [5.41, 5.74) is -5.14. The summed E-state index contributed by atoms with van der Waals surface area (Å²) in [6.07, 6.45) is 0. The van der Waals surface area contributed by atoms with Gasteiger partial charge in [-0.25, -0.2) is 52.7 Å². The van der Waals surface area contributed by atoms with Gasteiger partial charge in [0.15, 0.2) is 69.8 Å². The van der Waals surface area contributed by atoms with Crippen molar-refractivity contribution in [3.63, 3.8) is 0 Å². The van der Waals surface area contributed by atoms with Gasteiger partial charge in [-0.1, -0.05) is 0 Å². The van der Waals surface area contributed by atoms with Crippen LogP contribution < -0.4 is 0 Å². The molecule has 0 radical (unpaired) electrons. The fraction of sp³-hybridized carbons (Fsp3) is 0.308. The van der Waals surface area contributed by atoms with Crippen molar-refractivity contribution in [1.82, 2.24) is 0 Å². The molecular formula is C26H24F12O4Zr. The van der Waals surface area contributed by atoms with Crippen LogP contribution in [0.25, 0.3) is 0 Å². The van der Waals surface area contributed by atoms with E-state index in [1.165, 1.54) is 0 Å². The molecule has 0 aliphatic rings. The first kappa shape index (κ1) is 42.7. The standard InChI is InChI=1S/3C8H6F4O.C2H6O.Zr/c3*1-3-5(9)7(11)4(2-13)8(12)6(3)10;1-2-3;/h3*13H,2H2,1H3;3H,2H2,1H3;. The number of hydrogen-bond acceptors (Lipinski definition) is 4. The van der Waals surface area contributed by atoms with Gasteiger partial charge in [-0.2, -0.15) is 0 Å². The Balaban J connectivity index is 0. The van der Waals surface area contributed by atoms with Crippen LogP contribution in [0.2, 0.25) is 0 Å². The molecule has 0 aliphatic heterocycles. The third-order valence-corrected chi connectivity index (χ3v) is 5.20. The number of halogens is 12. The van der Waals surface area contributed by atoms with E-state index in [-0.39, 0.29) is 32.8 Å². The minimum atomic E-state index is -1.54. The van der Waals surface area contributed by atoms with Crippen LogP contribution in [0.5, 0.6) is 0 Å². The second kappa shape index (κ2) is 19.0. The molecule has 0 atom stereocenters. The summed E-state index contributed by atoms with van der Waals surface area (Å²) in [4.78, 5) is 0. The third kappa shape index (κ3) is 9.77. The summed E-state index contributed by atoms with van der Waals surface area (Å²) in [6, 6.07) is 0. The van der Waals surface area contributed by atoms with Crippen LogP contribution in [-0.4, -0.2) is 27.0 Å². The van der Waals surface area contributed by atoms with E-state index in [0.29, 0.717) is 0 Å². The summed E-state index contributed by atoms with van der Waals surface area (Å²) < 4.78 is 153. The fourth-order valence-electron chi connectivity index (χ4n) is 2.78. The van der Waals surface area contributed by atoms with Crippen LogP contribution in [0, 0.1) is 90.6 Å². The largest absolute Gasteiger partial charge is 0.397 e. The van der Waals surface area contributed by atoms with Gasteiger partial charge in [0, 0.05) is 49.5 Å². The first-order valence-corrected chi connectivity index (χ1v) is 11.3. The Hall–Kier alpha value is -2.46. The molecular weight excluding hydrogens is 695 g/mol. The molecule has 3 aromatic rings. The van der Waals surface area contributed by atoms with Crippen LogP contribution >= 0.6 is 0 Å². The maximum atomic E-state index is 12.8. The molecule has 240 valence electrons. The Morgan fingerprint density at radius 2 is 0.465 bits per heavy atom. The second-order valence-corrected chi connectivity index (χ2v) is 7.87. The maximum absolute atomic E-state index is 12.8. The van der Waals surface area contributed by atoms with Crippen molar-refractivity contribution in [3.8, 4) is 0 Å². The number of aliphatic hydroxyl groups is 4. The molecule has 0 aromatic heterocycles.